The van der Waals surface area contributed by atoms with Gasteiger partial charge in [-0.1, -0.05) is 18.2 Å². The van der Waals surface area contributed by atoms with Crippen LogP contribution in [-0.4, -0.2) is 15.5 Å². The fourth-order valence-electron chi connectivity index (χ4n) is 1.77. The highest BCUT2D eigenvalue weighted by atomic mass is 32.2. The quantitative estimate of drug-likeness (QED) is 0.881. The number of benzene rings is 2. The van der Waals surface area contributed by atoms with Crippen LogP contribution in [0.5, 0.6) is 0 Å². The first-order valence-corrected chi connectivity index (χ1v) is 7.56. The van der Waals surface area contributed by atoms with Crippen molar-refractivity contribution in [2.24, 2.45) is 0 Å². The summed E-state index contributed by atoms with van der Waals surface area (Å²) in [7, 11) is -2.14. The Labute approximate surface area is 117 Å². The molecule has 0 aliphatic rings. The zero-order valence-corrected chi connectivity index (χ0v) is 11.8. The van der Waals surface area contributed by atoms with Gasteiger partial charge in [-0.15, -0.1) is 0 Å². The molecule has 0 bridgehead atoms. The zero-order valence-electron chi connectivity index (χ0n) is 11.0. The van der Waals surface area contributed by atoms with E-state index in [1.807, 2.05) is 0 Å². The summed E-state index contributed by atoms with van der Waals surface area (Å²) < 4.78 is 38.6. The minimum Gasteiger partial charge on any atom is -0.398 e. The molecule has 0 unspecified atom stereocenters. The first kappa shape index (κ1) is 14.3. The molecule has 0 fully saturated rings. The lowest BCUT2D eigenvalue weighted by Crippen LogP contribution is -2.28. The Morgan fingerprint density at radius 3 is 2.30 bits per heavy atom. The number of halogens is 1. The van der Waals surface area contributed by atoms with Gasteiger partial charge in [-0.05, 0) is 35.9 Å². The molecule has 0 radical (unpaired) electrons. The van der Waals surface area contributed by atoms with Gasteiger partial charge >= 0.3 is 0 Å². The second kappa shape index (κ2) is 5.50. The van der Waals surface area contributed by atoms with Gasteiger partial charge in [0.05, 0.1) is 11.4 Å². The van der Waals surface area contributed by atoms with Crippen molar-refractivity contribution in [2.45, 2.75) is 5.75 Å². The first-order valence-electron chi connectivity index (χ1n) is 5.96. The summed E-state index contributed by atoms with van der Waals surface area (Å²) in [4.78, 5) is 0. The fraction of sp³-hybridized carbons (Fsp3) is 0.143. The molecule has 20 heavy (non-hydrogen) atoms. The van der Waals surface area contributed by atoms with Crippen molar-refractivity contribution in [3.8, 4) is 0 Å². The van der Waals surface area contributed by atoms with Crippen molar-refractivity contribution in [1.29, 1.82) is 0 Å². The highest BCUT2D eigenvalue weighted by Gasteiger charge is 2.20. The third-order valence-corrected chi connectivity index (χ3v) is 4.72. The van der Waals surface area contributed by atoms with Crippen molar-refractivity contribution >= 4 is 21.4 Å². The number of anilines is 2. The maximum Gasteiger partial charge on any atom is 0.239 e. The molecule has 0 aliphatic heterocycles. The van der Waals surface area contributed by atoms with Gasteiger partial charge in [-0.3, -0.25) is 4.31 Å². The van der Waals surface area contributed by atoms with Crippen LogP contribution in [-0.2, 0) is 15.8 Å². The molecular formula is C14H15FN2O2S. The fourth-order valence-corrected chi connectivity index (χ4v) is 3.06. The first-order chi connectivity index (χ1) is 9.40. The molecule has 0 aromatic heterocycles. The molecule has 4 nitrogen and oxygen atoms in total. The maximum absolute atomic E-state index is 12.9. The van der Waals surface area contributed by atoms with E-state index in [1.165, 1.54) is 31.3 Å². The van der Waals surface area contributed by atoms with E-state index in [4.69, 9.17) is 5.73 Å². The predicted octanol–water partition coefficient (Wildman–Crippen LogP) is 2.37. The lowest BCUT2D eigenvalue weighted by atomic mass is 10.2. The van der Waals surface area contributed by atoms with Crippen molar-refractivity contribution < 1.29 is 12.8 Å². The van der Waals surface area contributed by atoms with Crippen LogP contribution in [0.15, 0.2) is 48.5 Å². The van der Waals surface area contributed by atoms with E-state index >= 15 is 0 Å². The Morgan fingerprint density at radius 2 is 1.70 bits per heavy atom. The summed E-state index contributed by atoms with van der Waals surface area (Å²) in [6, 6.07) is 12.1. The summed E-state index contributed by atoms with van der Waals surface area (Å²) in [6.45, 7) is 0. The molecule has 0 saturated heterocycles. The van der Waals surface area contributed by atoms with Crippen LogP contribution in [0.1, 0.15) is 5.56 Å². The van der Waals surface area contributed by atoms with Crippen LogP contribution in [0.2, 0.25) is 0 Å². The summed E-state index contributed by atoms with van der Waals surface area (Å²) >= 11 is 0. The summed E-state index contributed by atoms with van der Waals surface area (Å²) in [5.41, 5.74) is 7.13. The van der Waals surface area contributed by atoms with Gasteiger partial charge < -0.3 is 5.73 Å². The normalized spacial score (nSPS) is 11.3. The van der Waals surface area contributed by atoms with Crippen molar-refractivity contribution in [1.82, 2.24) is 0 Å². The van der Waals surface area contributed by atoms with E-state index in [1.54, 1.807) is 24.3 Å². The number of para-hydroxylation sites is 1. The third kappa shape index (κ3) is 3.08. The van der Waals surface area contributed by atoms with Gasteiger partial charge in [0, 0.05) is 12.7 Å². The smallest absolute Gasteiger partial charge is 0.239 e. The molecule has 0 saturated carbocycles. The van der Waals surface area contributed by atoms with Crippen LogP contribution < -0.4 is 10.0 Å². The van der Waals surface area contributed by atoms with Crippen LogP contribution in [0, 0.1) is 5.82 Å². The van der Waals surface area contributed by atoms with Crippen LogP contribution in [0.3, 0.4) is 0 Å². The number of hydrogen-bond donors (Lipinski definition) is 1. The predicted molar refractivity (Wildman–Crippen MR) is 78.3 cm³/mol. The van der Waals surface area contributed by atoms with Gasteiger partial charge in [0.2, 0.25) is 10.0 Å². The Morgan fingerprint density at radius 1 is 1.10 bits per heavy atom. The minimum absolute atomic E-state index is 0.201. The van der Waals surface area contributed by atoms with E-state index in [0.717, 1.165) is 4.31 Å². The Hall–Kier alpha value is -2.08. The van der Waals surface area contributed by atoms with Crippen LogP contribution in [0.4, 0.5) is 15.8 Å². The topological polar surface area (TPSA) is 63.4 Å². The average Bonchev–Trinajstić information content (AvgIpc) is 2.41. The monoisotopic (exact) mass is 294 g/mol. The maximum atomic E-state index is 12.9. The average molecular weight is 294 g/mol. The molecule has 2 N–H and O–H groups in total. The summed E-state index contributed by atoms with van der Waals surface area (Å²) in [5.74, 6) is -0.611. The van der Waals surface area contributed by atoms with Gasteiger partial charge in [0.15, 0.2) is 0 Å². The Kier molecular flexibility index (Phi) is 3.94. The number of nitrogens with zero attached hydrogens (tertiary/aromatic N) is 1. The second-order valence-electron chi connectivity index (χ2n) is 4.40. The molecule has 2 aromatic carbocycles. The molecule has 2 aromatic rings. The molecular weight excluding hydrogens is 279 g/mol. The van der Waals surface area contributed by atoms with Gasteiger partial charge in [0.25, 0.3) is 0 Å². The van der Waals surface area contributed by atoms with Crippen LogP contribution in [0.25, 0.3) is 0 Å². The number of nitrogen functional groups attached to an aromatic ring is 1. The summed E-state index contributed by atoms with van der Waals surface area (Å²) in [6.07, 6.45) is 0. The van der Waals surface area contributed by atoms with E-state index < -0.39 is 15.8 Å². The highest BCUT2D eigenvalue weighted by Crippen LogP contribution is 2.21. The SMILES string of the molecule is CN(c1ccc(F)cc1)S(=O)(=O)Cc1ccccc1N. The van der Waals surface area contributed by atoms with E-state index in [2.05, 4.69) is 0 Å². The highest BCUT2D eigenvalue weighted by molar-refractivity contribution is 7.92. The molecule has 0 atom stereocenters. The summed E-state index contributed by atoms with van der Waals surface area (Å²) in [5, 5.41) is 0. The molecule has 0 spiro atoms. The second-order valence-corrected chi connectivity index (χ2v) is 6.40. The standard InChI is InChI=1S/C14H15FN2O2S/c1-17(13-8-6-12(15)7-9-13)20(18,19)10-11-4-2-3-5-14(11)16/h2-9H,10,16H2,1H3. The molecule has 0 heterocycles. The van der Waals surface area contributed by atoms with Gasteiger partial charge in [-0.25, -0.2) is 12.8 Å². The Bertz CT molecular complexity index is 699. The number of hydrogen-bond acceptors (Lipinski definition) is 3. The van der Waals surface area contributed by atoms with Gasteiger partial charge in [-0.2, -0.15) is 0 Å². The van der Waals surface area contributed by atoms with Crippen molar-refractivity contribution in [3.63, 3.8) is 0 Å². The number of sulfonamides is 1. The molecule has 106 valence electrons. The zero-order chi connectivity index (χ0) is 14.8. The van der Waals surface area contributed by atoms with E-state index in [9.17, 15) is 12.8 Å². The van der Waals surface area contributed by atoms with Crippen molar-refractivity contribution in [2.75, 3.05) is 17.1 Å². The lowest BCUT2D eigenvalue weighted by molar-refractivity contribution is 0.593. The minimum atomic E-state index is -3.57. The van der Waals surface area contributed by atoms with Gasteiger partial charge in [0.1, 0.15) is 5.82 Å². The number of nitrogens with two attached hydrogens (primary N) is 1. The largest absolute Gasteiger partial charge is 0.398 e. The molecule has 0 amide bonds. The van der Waals surface area contributed by atoms with E-state index in [0.29, 0.717) is 16.9 Å². The molecule has 0 aliphatic carbocycles. The number of rotatable bonds is 4. The van der Waals surface area contributed by atoms with E-state index in [-0.39, 0.29) is 5.75 Å². The lowest BCUT2D eigenvalue weighted by Gasteiger charge is -2.20. The van der Waals surface area contributed by atoms with Crippen LogP contribution >= 0.6 is 0 Å². The molecule has 2 rings (SSSR count). The molecule has 6 heteroatoms. The third-order valence-electron chi connectivity index (χ3n) is 3.00. The van der Waals surface area contributed by atoms with Crippen molar-refractivity contribution in [3.05, 3.63) is 59.9 Å². The Balaban J connectivity index is 2.26.